The average Bonchev–Trinajstić information content (AvgIpc) is 3.43. The Labute approximate surface area is 253 Å². The van der Waals surface area contributed by atoms with Crippen LogP contribution in [0.1, 0.15) is 36.6 Å². The van der Waals surface area contributed by atoms with E-state index in [1.165, 1.54) is 40.3 Å². The highest BCUT2D eigenvalue weighted by molar-refractivity contribution is 5.97. The molecule has 0 saturated carbocycles. The van der Waals surface area contributed by atoms with Gasteiger partial charge in [0.05, 0.1) is 18.3 Å². The van der Waals surface area contributed by atoms with Crippen molar-refractivity contribution in [2.75, 3.05) is 62.7 Å². The molecule has 226 valence electrons. The second-order valence-electron chi connectivity index (χ2n) is 11.4. The smallest absolute Gasteiger partial charge is 0.318 e. The third-order valence-corrected chi connectivity index (χ3v) is 8.63. The van der Waals surface area contributed by atoms with Crippen LogP contribution in [-0.4, -0.2) is 84.6 Å². The van der Waals surface area contributed by atoms with Crippen LogP contribution in [0.4, 0.5) is 15.9 Å². The number of carbonyl (C=O) groups is 1. The summed E-state index contributed by atoms with van der Waals surface area (Å²) < 4.78 is 19.7. The van der Waals surface area contributed by atoms with Crippen molar-refractivity contribution in [2.24, 2.45) is 0 Å². The van der Waals surface area contributed by atoms with E-state index in [1.54, 1.807) is 6.07 Å². The fraction of sp³-hybridized carbons (Fsp3) is 0.455. The van der Waals surface area contributed by atoms with Crippen LogP contribution in [0.2, 0.25) is 0 Å². The van der Waals surface area contributed by atoms with E-state index in [2.05, 4.69) is 71.6 Å². The number of ether oxygens (including phenoxy) is 1. The predicted octanol–water partition coefficient (Wildman–Crippen LogP) is 4.64. The van der Waals surface area contributed by atoms with Gasteiger partial charge in [-0.1, -0.05) is 36.9 Å². The number of hydrogen-bond donors (Lipinski definition) is 0. The zero-order valence-corrected chi connectivity index (χ0v) is 25.4. The summed E-state index contributed by atoms with van der Waals surface area (Å²) in [4.78, 5) is 30.5. The van der Waals surface area contributed by atoms with Gasteiger partial charge in [0.25, 0.3) is 5.91 Å². The van der Waals surface area contributed by atoms with Crippen molar-refractivity contribution in [1.29, 1.82) is 5.26 Å². The lowest BCUT2D eigenvalue weighted by Gasteiger charge is -2.38. The number of likely N-dealkylation sites (N-methyl/N-ethyl adjacent to an activating group) is 1. The summed E-state index contributed by atoms with van der Waals surface area (Å²) in [7, 11) is 2.14. The quantitative estimate of drug-likeness (QED) is 0.387. The molecule has 0 aliphatic carbocycles. The van der Waals surface area contributed by atoms with Gasteiger partial charge in [0.2, 0.25) is 0 Å². The van der Waals surface area contributed by atoms with Crippen molar-refractivity contribution < 1.29 is 13.9 Å². The molecule has 1 amide bonds. The number of aromatic nitrogens is 2. The van der Waals surface area contributed by atoms with Crippen LogP contribution in [0.15, 0.2) is 48.8 Å². The number of halogens is 1. The van der Waals surface area contributed by atoms with Gasteiger partial charge < -0.3 is 24.3 Å². The predicted molar refractivity (Wildman–Crippen MR) is 167 cm³/mol. The first-order valence-corrected chi connectivity index (χ1v) is 15.0. The number of carbonyl (C=O) groups excluding carboxylic acids is 1. The molecule has 1 atom stereocenters. The van der Waals surface area contributed by atoms with Crippen LogP contribution in [0.3, 0.4) is 0 Å². The van der Waals surface area contributed by atoms with Crippen molar-refractivity contribution in [3.8, 4) is 12.1 Å². The Balaban J connectivity index is 0.00000118. The molecule has 3 aliphatic heterocycles. The van der Waals surface area contributed by atoms with E-state index in [4.69, 9.17) is 20.0 Å². The maximum atomic E-state index is 13.5. The zero-order chi connectivity index (χ0) is 30.5. The van der Waals surface area contributed by atoms with E-state index < -0.39 is 11.7 Å². The first kappa shape index (κ1) is 30.2. The number of likely N-dealkylation sites (tertiary alicyclic amines) is 1. The summed E-state index contributed by atoms with van der Waals surface area (Å²) in [6.07, 6.45) is 3.09. The molecule has 0 unspecified atom stereocenters. The molecule has 10 heteroatoms. The molecule has 0 bridgehead atoms. The number of nitriles is 1. The minimum absolute atomic E-state index is 0.363. The number of rotatable bonds is 6. The monoisotopic (exact) mass is 585 g/mol. The number of hydrogen-bond acceptors (Lipinski definition) is 8. The highest BCUT2D eigenvalue weighted by atomic mass is 19.1. The lowest BCUT2D eigenvalue weighted by Crippen LogP contribution is -2.49. The number of benzene rings is 2. The Hall–Kier alpha value is -4.23. The van der Waals surface area contributed by atoms with Crippen molar-refractivity contribution in [2.45, 2.75) is 45.7 Å². The van der Waals surface area contributed by atoms with Crippen LogP contribution in [0.25, 0.3) is 10.8 Å². The van der Waals surface area contributed by atoms with Crippen molar-refractivity contribution in [3.63, 3.8) is 0 Å². The van der Waals surface area contributed by atoms with Gasteiger partial charge in [-0.2, -0.15) is 15.2 Å². The first-order chi connectivity index (χ1) is 20.8. The van der Waals surface area contributed by atoms with Crippen molar-refractivity contribution in [1.82, 2.24) is 19.8 Å². The third kappa shape index (κ3) is 6.57. The van der Waals surface area contributed by atoms with Gasteiger partial charge in [-0.15, -0.1) is 0 Å². The fourth-order valence-electron chi connectivity index (χ4n) is 6.34. The Morgan fingerprint density at radius 2 is 1.81 bits per heavy atom. The molecule has 2 aromatic carbocycles. The third-order valence-electron chi connectivity index (χ3n) is 8.63. The molecule has 1 aromatic heterocycles. The Bertz CT molecular complexity index is 1520. The number of anilines is 2. The van der Waals surface area contributed by atoms with E-state index in [9.17, 15) is 9.18 Å². The molecule has 0 radical (unpaired) electrons. The zero-order valence-electron chi connectivity index (χ0n) is 25.4. The lowest BCUT2D eigenvalue weighted by atomic mass is 9.99. The van der Waals surface area contributed by atoms with Gasteiger partial charge in [-0.3, -0.25) is 4.79 Å². The van der Waals surface area contributed by atoms with E-state index in [-0.39, 0.29) is 0 Å². The highest BCUT2D eigenvalue weighted by Gasteiger charge is 2.30. The maximum Gasteiger partial charge on any atom is 0.318 e. The summed E-state index contributed by atoms with van der Waals surface area (Å²) in [5.74, 6) is -0.668. The van der Waals surface area contributed by atoms with Crippen LogP contribution >= 0.6 is 0 Å². The summed E-state index contributed by atoms with van der Waals surface area (Å²) in [6.45, 7) is 11.9. The number of nitrogens with zero attached hydrogens (tertiary/aromatic N) is 7. The van der Waals surface area contributed by atoms with E-state index in [0.717, 1.165) is 43.0 Å². The molecular formula is C33H40FN7O2. The van der Waals surface area contributed by atoms with Gasteiger partial charge >= 0.3 is 6.01 Å². The molecule has 3 aliphatic rings. The number of aryl methyl sites for hydroxylation is 1. The van der Waals surface area contributed by atoms with Crippen LogP contribution in [0.5, 0.6) is 6.01 Å². The highest BCUT2D eigenvalue weighted by Crippen LogP contribution is 2.35. The standard InChI is InChI=1S/C31H37FN6O2.C2H3N/c1-21-7-4-8-23-9-5-11-27(28(21)23)38-14-12-25-26(19-38)33-31(40-20-24-10-6-13-35(24)3)34-29(25)36-15-17-37(18-16-36)30(39)22(2)32;1-2-3/h4-5,7-9,11,24H,2,6,10,12-20H2,1,3H3;1H3/t24-;/m1./s1. The molecule has 9 nitrogen and oxygen atoms in total. The molecular weight excluding hydrogens is 545 g/mol. The SMILES string of the molecule is C=C(F)C(=O)N1CCN(c2nc(OC[C@H]3CCCN3C)nc3c2CCN(c2cccc4cccc(C)c24)C3)CC1.CC#N. The summed E-state index contributed by atoms with van der Waals surface area (Å²) in [5.41, 5.74) is 4.59. The molecule has 43 heavy (non-hydrogen) atoms. The summed E-state index contributed by atoms with van der Waals surface area (Å²) in [5, 5.41) is 9.83. The lowest BCUT2D eigenvalue weighted by molar-refractivity contribution is -0.128. The minimum Gasteiger partial charge on any atom is -0.462 e. The molecule has 3 aromatic rings. The van der Waals surface area contributed by atoms with E-state index in [1.807, 2.05) is 0 Å². The van der Waals surface area contributed by atoms with E-state index >= 15 is 0 Å². The Kier molecular flexibility index (Phi) is 9.41. The fourth-order valence-corrected chi connectivity index (χ4v) is 6.34. The minimum atomic E-state index is -0.913. The summed E-state index contributed by atoms with van der Waals surface area (Å²) >= 11 is 0. The number of amides is 1. The van der Waals surface area contributed by atoms with Gasteiger partial charge in [0, 0.05) is 62.3 Å². The summed E-state index contributed by atoms with van der Waals surface area (Å²) in [6, 6.07) is 15.4. The van der Waals surface area contributed by atoms with E-state index in [0.29, 0.717) is 51.4 Å². The topological polar surface area (TPSA) is 88.8 Å². The van der Waals surface area contributed by atoms with Crippen molar-refractivity contribution in [3.05, 3.63) is 65.6 Å². The van der Waals surface area contributed by atoms with Crippen LogP contribution in [0, 0.1) is 18.3 Å². The normalized spacial score (nSPS) is 18.5. The van der Waals surface area contributed by atoms with Gasteiger partial charge in [-0.05, 0) is 56.8 Å². The second-order valence-corrected chi connectivity index (χ2v) is 11.4. The molecule has 6 rings (SSSR count). The average molecular weight is 586 g/mol. The van der Waals surface area contributed by atoms with Crippen LogP contribution < -0.4 is 14.5 Å². The first-order valence-electron chi connectivity index (χ1n) is 15.0. The Morgan fingerprint density at radius 1 is 1.09 bits per heavy atom. The Morgan fingerprint density at radius 3 is 2.49 bits per heavy atom. The molecule has 4 heterocycles. The molecule has 0 spiro atoms. The van der Waals surface area contributed by atoms with Gasteiger partial charge in [-0.25, -0.2) is 4.39 Å². The molecule has 0 N–H and O–H groups in total. The van der Waals surface area contributed by atoms with Crippen molar-refractivity contribution >= 4 is 28.2 Å². The largest absolute Gasteiger partial charge is 0.462 e. The second kappa shape index (κ2) is 13.4. The molecule has 2 saturated heterocycles. The maximum absolute atomic E-state index is 13.5. The van der Waals surface area contributed by atoms with Gasteiger partial charge in [0.1, 0.15) is 12.4 Å². The van der Waals surface area contributed by atoms with Crippen LogP contribution in [-0.2, 0) is 17.8 Å². The number of piperazine rings is 1. The number of fused-ring (bicyclic) bond motifs is 2. The molecule has 2 fully saturated rings. The van der Waals surface area contributed by atoms with Gasteiger partial charge in [0.15, 0.2) is 5.83 Å².